The Morgan fingerprint density at radius 3 is 2.47 bits per heavy atom. The molecule has 1 radical (unpaired) electrons. The lowest BCUT2D eigenvalue weighted by atomic mass is 10.4. The molecule has 0 spiro atoms. The van der Waals surface area contributed by atoms with Gasteiger partial charge in [-0.25, -0.2) is 17.7 Å². The number of benzene rings is 1. The fourth-order valence-corrected chi connectivity index (χ4v) is 2.66. The Hall–Kier alpha value is -1.33. The molecule has 1 aliphatic rings. The zero-order valence-electron chi connectivity index (χ0n) is 9.04. The standard InChI is InChI=1S/C11H10ClN2O2S/c1-9-11(12)7-14(8-13-9)17(15,16)10-5-3-2-4-6-10/h2-8H,1H3. The summed E-state index contributed by atoms with van der Waals surface area (Å²) in [6.45, 7) is 3.05. The minimum Gasteiger partial charge on any atom is -0.245 e. The number of aliphatic imine (C=N–C) groups is 1. The Morgan fingerprint density at radius 2 is 1.88 bits per heavy atom. The lowest BCUT2D eigenvalue weighted by molar-refractivity contribution is 0.556. The van der Waals surface area contributed by atoms with Crippen molar-refractivity contribution in [2.45, 2.75) is 11.8 Å². The second-order valence-corrected chi connectivity index (χ2v) is 5.71. The van der Waals surface area contributed by atoms with Crippen molar-refractivity contribution in [1.82, 2.24) is 4.31 Å². The number of halogens is 1. The predicted octanol–water partition coefficient (Wildman–Crippen LogP) is 2.35. The quantitative estimate of drug-likeness (QED) is 0.827. The lowest BCUT2D eigenvalue weighted by Crippen LogP contribution is -2.29. The second-order valence-electron chi connectivity index (χ2n) is 3.46. The maximum atomic E-state index is 12.2. The first kappa shape index (κ1) is 12.1. The van der Waals surface area contributed by atoms with Crippen LogP contribution in [0.25, 0.3) is 0 Å². The molecule has 1 heterocycles. The third kappa shape index (κ3) is 2.35. The van der Waals surface area contributed by atoms with Crippen LogP contribution in [0.4, 0.5) is 0 Å². The summed E-state index contributed by atoms with van der Waals surface area (Å²) in [6, 6.07) is 8.13. The van der Waals surface area contributed by atoms with E-state index in [9.17, 15) is 8.42 Å². The highest BCUT2D eigenvalue weighted by atomic mass is 35.5. The SMILES string of the molecule is CC1=C(Cl)[CH]N(S(=O)(=O)c2ccccc2)C=N1. The molecule has 1 aromatic carbocycles. The third-order valence-electron chi connectivity index (χ3n) is 2.27. The molecular formula is C11H10ClN2O2S. The van der Waals surface area contributed by atoms with Gasteiger partial charge in [0.25, 0.3) is 10.0 Å². The van der Waals surface area contributed by atoms with E-state index in [1.807, 2.05) is 0 Å². The van der Waals surface area contributed by atoms with Crippen LogP contribution in [-0.4, -0.2) is 19.1 Å². The Labute approximate surface area is 105 Å². The summed E-state index contributed by atoms with van der Waals surface area (Å²) in [4.78, 5) is 4.12. The lowest BCUT2D eigenvalue weighted by Gasteiger charge is -2.21. The van der Waals surface area contributed by atoms with E-state index in [1.165, 1.54) is 25.0 Å². The Morgan fingerprint density at radius 1 is 1.24 bits per heavy atom. The van der Waals surface area contributed by atoms with Gasteiger partial charge in [0.15, 0.2) is 0 Å². The van der Waals surface area contributed by atoms with E-state index in [4.69, 9.17) is 11.6 Å². The summed E-state index contributed by atoms with van der Waals surface area (Å²) >= 11 is 5.86. The molecule has 0 saturated heterocycles. The molecular weight excluding hydrogens is 260 g/mol. The van der Waals surface area contributed by atoms with Crippen LogP contribution in [0.2, 0.25) is 0 Å². The first-order valence-electron chi connectivity index (χ1n) is 4.86. The molecule has 0 amide bonds. The average Bonchev–Trinajstić information content (AvgIpc) is 2.33. The van der Waals surface area contributed by atoms with E-state index in [2.05, 4.69) is 4.99 Å². The van der Waals surface area contributed by atoms with Gasteiger partial charge in [-0.1, -0.05) is 29.8 Å². The summed E-state index contributed by atoms with van der Waals surface area (Å²) in [5, 5.41) is 0.312. The average molecular weight is 270 g/mol. The van der Waals surface area contributed by atoms with Crippen LogP contribution in [0.5, 0.6) is 0 Å². The van der Waals surface area contributed by atoms with Gasteiger partial charge in [0.05, 0.1) is 15.6 Å². The number of hydrogen-bond acceptors (Lipinski definition) is 3. The normalized spacial score (nSPS) is 16.5. The molecule has 0 saturated carbocycles. The molecule has 0 unspecified atom stereocenters. The molecule has 1 aliphatic heterocycles. The van der Waals surface area contributed by atoms with Gasteiger partial charge in [-0.05, 0) is 19.1 Å². The van der Waals surface area contributed by atoms with Crippen molar-refractivity contribution in [3.8, 4) is 0 Å². The largest absolute Gasteiger partial charge is 0.265 e. The van der Waals surface area contributed by atoms with Gasteiger partial charge in [-0.3, -0.25) is 0 Å². The van der Waals surface area contributed by atoms with E-state index in [-0.39, 0.29) is 4.90 Å². The zero-order valence-corrected chi connectivity index (χ0v) is 10.6. The Bertz CT molecular complexity index is 579. The maximum absolute atomic E-state index is 12.2. The monoisotopic (exact) mass is 269 g/mol. The molecule has 17 heavy (non-hydrogen) atoms. The van der Waals surface area contributed by atoms with E-state index in [1.54, 1.807) is 25.1 Å². The topological polar surface area (TPSA) is 49.7 Å². The van der Waals surface area contributed by atoms with Crippen molar-refractivity contribution in [1.29, 1.82) is 0 Å². The Kier molecular flexibility index (Phi) is 3.22. The van der Waals surface area contributed by atoms with Gasteiger partial charge < -0.3 is 0 Å². The molecule has 0 aromatic heterocycles. The highest BCUT2D eigenvalue weighted by molar-refractivity contribution is 7.89. The third-order valence-corrected chi connectivity index (χ3v) is 4.26. The van der Waals surface area contributed by atoms with Crippen LogP contribution in [0, 0.1) is 6.54 Å². The predicted molar refractivity (Wildman–Crippen MR) is 66.8 cm³/mol. The van der Waals surface area contributed by atoms with Crippen molar-refractivity contribution in [3.63, 3.8) is 0 Å². The first-order valence-corrected chi connectivity index (χ1v) is 6.67. The highest BCUT2D eigenvalue weighted by Gasteiger charge is 2.25. The van der Waals surface area contributed by atoms with Crippen molar-refractivity contribution >= 4 is 28.0 Å². The Balaban J connectivity index is 2.35. The van der Waals surface area contributed by atoms with Crippen molar-refractivity contribution in [3.05, 3.63) is 47.6 Å². The van der Waals surface area contributed by atoms with E-state index in [0.29, 0.717) is 10.7 Å². The molecule has 4 nitrogen and oxygen atoms in total. The molecule has 2 rings (SSSR count). The smallest absolute Gasteiger partial charge is 0.245 e. The van der Waals surface area contributed by atoms with Crippen LogP contribution in [0.15, 0.2) is 50.9 Å². The summed E-state index contributed by atoms with van der Waals surface area (Å²) in [7, 11) is -3.61. The minimum absolute atomic E-state index is 0.201. The summed E-state index contributed by atoms with van der Waals surface area (Å²) in [5.74, 6) is 0. The molecule has 0 fully saturated rings. The van der Waals surface area contributed by atoms with Crippen LogP contribution in [0.1, 0.15) is 6.92 Å². The van der Waals surface area contributed by atoms with E-state index in [0.717, 1.165) is 4.31 Å². The first-order chi connectivity index (χ1) is 8.01. The van der Waals surface area contributed by atoms with E-state index >= 15 is 0 Å². The number of allylic oxidation sites excluding steroid dienone is 1. The van der Waals surface area contributed by atoms with E-state index < -0.39 is 10.0 Å². The number of rotatable bonds is 2. The molecule has 89 valence electrons. The number of nitrogens with zero attached hydrogens (tertiary/aromatic N) is 2. The molecule has 1 aromatic rings. The van der Waals surface area contributed by atoms with Crippen molar-refractivity contribution in [2.24, 2.45) is 4.99 Å². The van der Waals surface area contributed by atoms with Gasteiger partial charge in [0.2, 0.25) is 0 Å². The second kappa shape index (κ2) is 4.50. The van der Waals surface area contributed by atoms with Gasteiger partial charge in [0.1, 0.15) is 12.9 Å². The van der Waals surface area contributed by atoms with Gasteiger partial charge in [-0.15, -0.1) is 0 Å². The van der Waals surface area contributed by atoms with Crippen LogP contribution in [0.3, 0.4) is 0 Å². The highest BCUT2D eigenvalue weighted by Crippen LogP contribution is 2.24. The maximum Gasteiger partial charge on any atom is 0.265 e. The van der Waals surface area contributed by atoms with Crippen LogP contribution >= 0.6 is 11.6 Å². The fraction of sp³-hybridized carbons (Fsp3) is 0.0909. The van der Waals surface area contributed by atoms with Gasteiger partial charge in [0, 0.05) is 0 Å². The summed E-state index contributed by atoms with van der Waals surface area (Å²) < 4.78 is 25.3. The minimum atomic E-state index is -3.61. The fourth-order valence-electron chi connectivity index (χ4n) is 1.29. The molecule has 0 N–H and O–H groups in total. The summed E-state index contributed by atoms with van der Waals surface area (Å²) in [5.41, 5.74) is 0.589. The van der Waals surface area contributed by atoms with Gasteiger partial charge in [-0.2, -0.15) is 0 Å². The van der Waals surface area contributed by atoms with Crippen molar-refractivity contribution < 1.29 is 8.42 Å². The zero-order chi connectivity index (χ0) is 12.5. The molecule has 0 aliphatic carbocycles. The summed E-state index contributed by atoms with van der Waals surface area (Å²) in [6.07, 6.45) is 1.24. The van der Waals surface area contributed by atoms with Crippen LogP contribution in [-0.2, 0) is 10.0 Å². The molecule has 0 atom stereocenters. The number of sulfonamides is 1. The number of hydrogen-bond donors (Lipinski definition) is 0. The van der Waals surface area contributed by atoms with Crippen molar-refractivity contribution in [2.75, 3.05) is 0 Å². The molecule has 6 heteroatoms. The van der Waals surface area contributed by atoms with Crippen LogP contribution < -0.4 is 0 Å². The van der Waals surface area contributed by atoms with Gasteiger partial charge >= 0.3 is 0 Å². The molecule has 0 bridgehead atoms.